The number of thiophene rings is 2. The highest BCUT2D eigenvalue weighted by Crippen LogP contribution is 2.34. The summed E-state index contributed by atoms with van der Waals surface area (Å²) in [4.78, 5) is 33.9. The Morgan fingerprint density at radius 1 is 1.33 bits per heavy atom. The molecule has 4 aromatic heterocycles. The van der Waals surface area contributed by atoms with Gasteiger partial charge in [-0.05, 0) is 32.2 Å². The van der Waals surface area contributed by atoms with Gasteiger partial charge in [0.25, 0.3) is 5.56 Å². The van der Waals surface area contributed by atoms with Gasteiger partial charge in [-0.25, -0.2) is 9.78 Å². The zero-order valence-electron chi connectivity index (χ0n) is 14.7. The first kappa shape index (κ1) is 17.6. The second-order valence-corrected chi connectivity index (χ2v) is 7.81. The molecule has 0 saturated carbocycles. The molecular formula is C18H15N3O4S2. The fourth-order valence-corrected chi connectivity index (χ4v) is 4.59. The third-order valence-electron chi connectivity index (χ3n) is 4.16. The third-order valence-corrected chi connectivity index (χ3v) is 5.93. The number of ether oxygens (including phenoxy) is 1. The molecule has 0 saturated heterocycles. The molecule has 4 rings (SSSR count). The molecule has 1 atom stereocenters. The highest BCUT2D eigenvalue weighted by Gasteiger charge is 2.23. The minimum Gasteiger partial charge on any atom is -0.451 e. The molecule has 9 heteroatoms. The Balaban J connectivity index is 1.66. The van der Waals surface area contributed by atoms with Gasteiger partial charge in [0.15, 0.2) is 11.9 Å². The van der Waals surface area contributed by atoms with Crippen LogP contribution in [-0.4, -0.2) is 21.1 Å². The van der Waals surface area contributed by atoms with E-state index in [1.165, 1.54) is 11.3 Å². The Morgan fingerprint density at radius 2 is 2.15 bits per heavy atom. The van der Waals surface area contributed by atoms with E-state index in [9.17, 15) is 9.59 Å². The lowest BCUT2D eigenvalue weighted by Crippen LogP contribution is -2.17. The molecule has 27 heavy (non-hydrogen) atoms. The lowest BCUT2D eigenvalue weighted by Gasteiger charge is -2.12. The van der Waals surface area contributed by atoms with Crippen molar-refractivity contribution in [3.8, 4) is 10.4 Å². The van der Waals surface area contributed by atoms with Crippen LogP contribution in [0.3, 0.4) is 0 Å². The minimum atomic E-state index is -0.726. The number of carbonyl (C=O) groups excluding carboxylic acids is 1. The molecule has 4 heterocycles. The number of aryl methyl sites for hydroxylation is 2. The van der Waals surface area contributed by atoms with Gasteiger partial charge in [0.05, 0.1) is 11.1 Å². The van der Waals surface area contributed by atoms with E-state index in [0.29, 0.717) is 33.1 Å². The van der Waals surface area contributed by atoms with Crippen LogP contribution in [0.1, 0.15) is 40.7 Å². The Labute approximate surface area is 161 Å². The van der Waals surface area contributed by atoms with E-state index in [0.717, 1.165) is 10.4 Å². The third kappa shape index (κ3) is 3.08. The van der Waals surface area contributed by atoms with Gasteiger partial charge in [0.2, 0.25) is 0 Å². The van der Waals surface area contributed by atoms with E-state index in [2.05, 4.69) is 15.1 Å². The molecule has 0 aliphatic rings. The Hall–Kier alpha value is -2.78. The predicted octanol–water partition coefficient (Wildman–Crippen LogP) is 4.24. The normalized spacial score (nSPS) is 12.4. The SMILES string of the molecule is Cc1noc(C)c1C(=O)O[C@@H](C)c1nc2scc(-c3cccs3)c2c(=O)[nH]1. The minimum absolute atomic E-state index is 0.250. The predicted molar refractivity (Wildman–Crippen MR) is 103 cm³/mol. The first-order valence-electron chi connectivity index (χ1n) is 8.15. The summed E-state index contributed by atoms with van der Waals surface area (Å²) < 4.78 is 10.5. The van der Waals surface area contributed by atoms with Gasteiger partial charge in [-0.3, -0.25) is 4.79 Å². The average Bonchev–Trinajstić information content (AvgIpc) is 3.34. The van der Waals surface area contributed by atoms with E-state index in [1.807, 2.05) is 22.9 Å². The first-order chi connectivity index (χ1) is 13.0. The molecular weight excluding hydrogens is 386 g/mol. The van der Waals surface area contributed by atoms with Crippen LogP contribution in [0, 0.1) is 13.8 Å². The topological polar surface area (TPSA) is 98.1 Å². The number of hydrogen-bond acceptors (Lipinski definition) is 8. The van der Waals surface area contributed by atoms with Gasteiger partial charge < -0.3 is 14.2 Å². The van der Waals surface area contributed by atoms with Crippen molar-refractivity contribution in [3.63, 3.8) is 0 Å². The van der Waals surface area contributed by atoms with E-state index in [4.69, 9.17) is 9.26 Å². The molecule has 0 aliphatic carbocycles. The maximum Gasteiger partial charge on any atom is 0.344 e. The van der Waals surface area contributed by atoms with Crippen LogP contribution in [0.15, 0.2) is 32.2 Å². The molecule has 0 spiro atoms. The number of nitrogens with zero attached hydrogens (tertiary/aromatic N) is 2. The number of hydrogen-bond donors (Lipinski definition) is 1. The molecule has 0 unspecified atom stereocenters. The van der Waals surface area contributed by atoms with Crippen LogP contribution >= 0.6 is 22.7 Å². The Morgan fingerprint density at radius 3 is 2.81 bits per heavy atom. The van der Waals surface area contributed by atoms with Gasteiger partial charge in [0, 0.05) is 15.8 Å². The molecule has 0 aromatic carbocycles. The maximum absolute atomic E-state index is 12.7. The van der Waals surface area contributed by atoms with Crippen LogP contribution in [0.4, 0.5) is 0 Å². The molecule has 0 amide bonds. The van der Waals surface area contributed by atoms with Crippen molar-refractivity contribution in [1.29, 1.82) is 0 Å². The summed E-state index contributed by atoms with van der Waals surface area (Å²) in [5.41, 5.74) is 1.37. The summed E-state index contributed by atoms with van der Waals surface area (Å²) in [7, 11) is 0. The lowest BCUT2D eigenvalue weighted by molar-refractivity contribution is 0.0317. The summed E-state index contributed by atoms with van der Waals surface area (Å²) in [6, 6.07) is 3.91. The number of rotatable bonds is 4. The number of nitrogens with one attached hydrogen (secondary N) is 1. The Kier molecular flexibility index (Phi) is 4.40. The summed E-state index contributed by atoms with van der Waals surface area (Å²) in [6.07, 6.45) is -0.726. The van der Waals surface area contributed by atoms with Crippen molar-refractivity contribution in [2.45, 2.75) is 26.9 Å². The molecule has 1 N–H and O–H groups in total. The molecule has 0 bridgehead atoms. The Bertz CT molecular complexity index is 1170. The average molecular weight is 401 g/mol. The van der Waals surface area contributed by atoms with Crippen LogP contribution in [0.25, 0.3) is 20.7 Å². The van der Waals surface area contributed by atoms with Crippen molar-refractivity contribution in [1.82, 2.24) is 15.1 Å². The lowest BCUT2D eigenvalue weighted by atomic mass is 10.2. The summed E-state index contributed by atoms with van der Waals surface area (Å²) >= 11 is 2.96. The zero-order valence-corrected chi connectivity index (χ0v) is 16.4. The van der Waals surface area contributed by atoms with E-state index in [-0.39, 0.29) is 5.56 Å². The van der Waals surface area contributed by atoms with Gasteiger partial charge in [0.1, 0.15) is 16.2 Å². The van der Waals surface area contributed by atoms with Gasteiger partial charge in [-0.1, -0.05) is 11.2 Å². The summed E-state index contributed by atoms with van der Waals surface area (Å²) in [5.74, 6) is 0.125. The number of aromatic amines is 1. The summed E-state index contributed by atoms with van der Waals surface area (Å²) in [5, 5.41) is 8.19. The van der Waals surface area contributed by atoms with Crippen molar-refractivity contribution < 1.29 is 14.1 Å². The highest BCUT2D eigenvalue weighted by atomic mass is 32.1. The van der Waals surface area contributed by atoms with Crippen molar-refractivity contribution in [2.24, 2.45) is 0 Å². The van der Waals surface area contributed by atoms with Gasteiger partial charge in [-0.15, -0.1) is 22.7 Å². The van der Waals surface area contributed by atoms with Gasteiger partial charge in [-0.2, -0.15) is 0 Å². The number of aromatic nitrogens is 3. The maximum atomic E-state index is 12.7. The van der Waals surface area contributed by atoms with Crippen LogP contribution in [0.5, 0.6) is 0 Å². The second kappa shape index (κ2) is 6.75. The largest absolute Gasteiger partial charge is 0.451 e. The van der Waals surface area contributed by atoms with E-state index in [1.54, 1.807) is 32.1 Å². The van der Waals surface area contributed by atoms with Gasteiger partial charge >= 0.3 is 5.97 Å². The molecule has 0 aliphatic heterocycles. The number of fused-ring (bicyclic) bond motifs is 1. The number of esters is 1. The first-order valence-corrected chi connectivity index (χ1v) is 9.90. The quantitative estimate of drug-likeness (QED) is 0.514. The van der Waals surface area contributed by atoms with Crippen LogP contribution in [0.2, 0.25) is 0 Å². The molecule has 138 valence electrons. The fraction of sp³-hybridized carbons (Fsp3) is 0.222. The number of carbonyl (C=O) groups is 1. The second-order valence-electron chi connectivity index (χ2n) is 6.00. The van der Waals surface area contributed by atoms with Crippen molar-refractivity contribution >= 4 is 38.9 Å². The molecule has 0 radical (unpaired) electrons. The fourth-order valence-electron chi connectivity index (χ4n) is 2.82. The van der Waals surface area contributed by atoms with E-state index < -0.39 is 12.1 Å². The molecule has 7 nitrogen and oxygen atoms in total. The van der Waals surface area contributed by atoms with E-state index >= 15 is 0 Å². The highest BCUT2D eigenvalue weighted by molar-refractivity contribution is 7.18. The monoisotopic (exact) mass is 401 g/mol. The standard InChI is InChI=1S/C18H15N3O4S2/c1-8-13(9(2)25-21-8)18(23)24-10(3)15-19-16(22)14-11(7-27-17(14)20-15)12-5-4-6-26-12/h4-7,10H,1-3H3,(H,19,20,22)/t10-/m0/s1. The van der Waals surface area contributed by atoms with Crippen molar-refractivity contribution in [3.05, 3.63) is 56.1 Å². The number of H-pyrrole nitrogens is 1. The summed E-state index contributed by atoms with van der Waals surface area (Å²) in [6.45, 7) is 4.97. The van der Waals surface area contributed by atoms with Crippen LogP contribution < -0.4 is 5.56 Å². The molecule has 0 fully saturated rings. The smallest absolute Gasteiger partial charge is 0.344 e. The zero-order chi connectivity index (χ0) is 19.1. The van der Waals surface area contributed by atoms with Crippen LogP contribution in [-0.2, 0) is 4.74 Å². The molecule has 4 aromatic rings. The van der Waals surface area contributed by atoms with Crippen molar-refractivity contribution in [2.75, 3.05) is 0 Å².